The van der Waals surface area contributed by atoms with Crippen molar-refractivity contribution in [1.29, 1.82) is 0 Å². The summed E-state index contributed by atoms with van der Waals surface area (Å²) in [5, 5.41) is 7.84. The molecule has 0 spiro atoms. The summed E-state index contributed by atoms with van der Waals surface area (Å²) in [5.74, 6) is 0.0685. The number of carbonyl (C=O) groups excluding carboxylic acids is 1. The van der Waals surface area contributed by atoms with Gasteiger partial charge in [0, 0.05) is 18.3 Å². The van der Waals surface area contributed by atoms with Crippen LogP contribution in [-0.4, -0.2) is 24.0 Å². The minimum absolute atomic E-state index is 0.0685. The maximum Gasteiger partial charge on any atom is 0.221 e. The van der Waals surface area contributed by atoms with E-state index in [-0.39, 0.29) is 5.91 Å². The molecule has 2 N–H and O–H groups in total. The molecule has 14 heavy (non-hydrogen) atoms. The van der Waals surface area contributed by atoms with E-state index >= 15 is 0 Å². The predicted octanol–water partition coefficient (Wildman–Crippen LogP) is 0.759. The van der Waals surface area contributed by atoms with Crippen LogP contribution in [0.5, 0.6) is 0 Å². The second kappa shape index (κ2) is 6.50. The molecule has 1 aromatic rings. The van der Waals surface area contributed by atoms with Crippen molar-refractivity contribution in [2.75, 3.05) is 13.1 Å². The van der Waals surface area contributed by atoms with Gasteiger partial charge in [-0.25, -0.2) is 4.98 Å². The van der Waals surface area contributed by atoms with E-state index in [0.29, 0.717) is 13.0 Å². The first-order valence-electron chi connectivity index (χ1n) is 4.67. The minimum atomic E-state index is 0.0685. The molecule has 0 aromatic carbocycles. The largest absolute Gasteiger partial charge is 0.350 e. The van der Waals surface area contributed by atoms with Gasteiger partial charge in [0.1, 0.15) is 0 Å². The number of amides is 1. The maximum atomic E-state index is 11.2. The van der Waals surface area contributed by atoms with Crippen LogP contribution in [0.3, 0.4) is 0 Å². The van der Waals surface area contributed by atoms with E-state index in [1.54, 1.807) is 5.51 Å². The molecule has 0 atom stereocenters. The molecule has 78 valence electrons. The Bertz CT molecular complexity index is 261. The fourth-order valence-electron chi connectivity index (χ4n) is 0.981. The average Bonchev–Trinajstić information content (AvgIpc) is 2.68. The molecular formula is C9H15N3OS. The second-order valence-electron chi connectivity index (χ2n) is 2.86. The summed E-state index contributed by atoms with van der Waals surface area (Å²) in [6.07, 6.45) is 0.526. The maximum absolute atomic E-state index is 11.2. The van der Waals surface area contributed by atoms with Gasteiger partial charge in [-0.1, -0.05) is 6.92 Å². The third-order valence-corrected chi connectivity index (χ3v) is 2.36. The lowest BCUT2D eigenvalue weighted by Crippen LogP contribution is -2.27. The highest BCUT2D eigenvalue weighted by Crippen LogP contribution is 1.99. The molecular weight excluding hydrogens is 198 g/mol. The normalized spacial score (nSPS) is 10.1. The van der Waals surface area contributed by atoms with Gasteiger partial charge in [0.25, 0.3) is 0 Å². The van der Waals surface area contributed by atoms with Crippen molar-refractivity contribution in [3.8, 4) is 0 Å². The first-order valence-corrected chi connectivity index (χ1v) is 5.61. The highest BCUT2D eigenvalue weighted by atomic mass is 32.1. The molecule has 0 unspecified atom stereocenters. The third-order valence-electron chi connectivity index (χ3n) is 1.73. The molecule has 0 fully saturated rings. The van der Waals surface area contributed by atoms with Crippen LogP contribution in [0.1, 0.15) is 19.0 Å². The second-order valence-corrected chi connectivity index (χ2v) is 3.58. The predicted molar refractivity (Wildman–Crippen MR) is 57.1 cm³/mol. The van der Waals surface area contributed by atoms with Gasteiger partial charge in [-0.15, -0.1) is 11.3 Å². The van der Waals surface area contributed by atoms with E-state index in [1.807, 2.05) is 12.3 Å². The summed E-state index contributed by atoms with van der Waals surface area (Å²) in [7, 11) is 0. The van der Waals surface area contributed by atoms with Gasteiger partial charge in [-0.3, -0.25) is 4.79 Å². The van der Waals surface area contributed by atoms with Gasteiger partial charge in [-0.05, 0) is 6.54 Å². The van der Waals surface area contributed by atoms with Crippen LogP contribution in [-0.2, 0) is 11.3 Å². The molecule has 1 amide bonds. The van der Waals surface area contributed by atoms with Gasteiger partial charge >= 0.3 is 0 Å². The van der Waals surface area contributed by atoms with Crippen LogP contribution in [0.2, 0.25) is 0 Å². The number of nitrogens with one attached hydrogen (secondary N) is 2. The lowest BCUT2D eigenvalue weighted by molar-refractivity contribution is -0.121. The van der Waals surface area contributed by atoms with E-state index in [2.05, 4.69) is 15.6 Å². The van der Waals surface area contributed by atoms with Crippen LogP contribution < -0.4 is 10.6 Å². The quantitative estimate of drug-likeness (QED) is 0.686. The summed E-state index contributed by atoms with van der Waals surface area (Å²) in [6, 6.07) is 0. The topological polar surface area (TPSA) is 54.0 Å². The standard InChI is InChI=1S/C9H15N3OS/c1-2-10-4-3-9(13)11-5-8-6-14-7-12-8/h6-7,10H,2-5H2,1H3,(H,11,13). The molecule has 1 rings (SSSR count). The Labute approximate surface area is 87.7 Å². The lowest BCUT2D eigenvalue weighted by atomic mass is 10.4. The van der Waals surface area contributed by atoms with Crippen molar-refractivity contribution in [3.63, 3.8) is 0 Å². The highest BCUT2D eigenvalue weighted by Gasteiger charge is 2.00. The van der Waals surface area contributed by atoms with Gasteiger partial charge in [0.2, 0.25) is 5.91 Å². The molecule has 0 aliphatic heterocycles. The number of hydrogen-bond donors (Lipinski definition) is 2. The lowest BCUT2D eigenvalue weighted by Gasteiger charge is -2.03. The van der Waals surface area contributed by atoms with Crippen molar-refractivity contribution in [1.82, 2.24) is 15.6 Å². The van der Waals surface area contributed by atoms with Crippen LogP contribution in [0.4, 0.5) is 0 Å². The fourth-order valence-corrected chi connectivity index (χ4v) is 1.54. The average molecular weight is 213 g/mol. The van der Waals surface area contributed by atoms with Crippen LogP contribution in [0.15, 0.2) is 10.9 Å². The van der Waals surface area contributed by atoms with Crippen LogP contribution in [0.25, 0.3) is 0 Å². The van der Waals surface area contributed by atoms with Crippen molar-refractivity contribution in [2.45, 2.75) is 19.9 Å². The Morgan fingerprint density at radius 3 is 3.14 bits per heavy atom. The summed E-state index contributed by atoms with van der Waals surface area (Å²) in [6.45, 7) is 4.19. The zero-order valence-electron chi connectivity index (χ0n) is 8.25. The van der Waals surface area contributed by atoms with Gasteiger partial charge < -0.3 is 10.6 Å². The molecule has 0 saturated carbocycles. The zero-order valence-corrected chi connectivity index (χ0v) is 9.06. The van der Waals surface area contributed by atoms with Gasteiger partial charge in [-0.2, -0.15) is 0 Å². The van der Waals surface area contributed by atoms with Crippen molar-refractivity contribution in [2.24, 2.45) is 0 Å². The van der Waals surface area contributed by atoms with E-state index in [9.17, 15) is 4.79 Å². The number of thiazole rings is 1. The molecule has 1 heterocycles. The summed E-state index contributed by atoms with van der Waals surface area (Å²) >= 11 is 1.54. The summed E-state index contributed by atoms with van der Waals surface area (Å²) in [5.41, 5.74) is 2.69. The van der Waals surface area contributed by atoms with E-state index < -0.39 is 0 Å². The van der Waals surface area contributed by atoms with E-state index in [4.69, 9.17) is 0 Å². The molecule has 1 aromatic heterocycles. The Balaban J connectivity index is 2.09. The molecule has 0 aliphatic rings. The Hall–Kier alpha value is -0.940. The first kappa shape index (κ1) is 11.1. The zero-order chi connectivity index (χ0) is 10.2. The van der Waals surface area contributed by atoms with Crippen molar-refractivity contribution >= 4 is 17.2 Å². The first-order chi connectivity index (χ1) is 6.83. The minimum Gasteiger partial charge on any atom is -0.350 e. The SMILES string of the molecule is CCNCCC(=O)NCc1cscn1. The number of hydrogen-bond acceptors (Lipinski definition) is 4. The summed E-state index contributed by atoms with van der Waals surface area (Å²) < 4.78 is 0. The third kappa shape index (κ3) is 4.34. The number of carbonyl (C=O) groups is 1. The molecule has 0 saturated heterocycles. The number of nitrogens with zero attached hydrogens (tertiary/aromatic N) is 1. The van der Waals surface area contributed by atoms with Gasteiger partial charge in [0.15, 0.2) is 0 Å². The number of rotatable bonds is 6. The molecule has 4 nitrogen and oxygen atoms in total. The molecule has 0 aliphatic carbocycles. The van der Waals surface area contributed by atoms with Gasteiger partial charge in [0.05, 0.1) is 17.7 Å². The molecule has 5 heteroatoms. The molecule has 0 radical (unpaired) electrons. The Morgan fingerprint density at radius 2 is 2.50 bits per heavy atom. The highest BCUT2D eigenvalue weighted by molar-refractivity contribution is 7.07. The number of aromatic nitrogens is 1. The van der Waals surface area contributed by atoms with Crippen molar-refractivity contribution in [3.05, 3.63) is 16.6 Å². The van der Waals surface area contributed by atoms with Crippen LogP contribution >= 0.6 is 11.3 Å². The van der Waals surface area contributed by atoms with E-state index in [0.717, 1.165) is 18.8 Å². The Kier molecular flexibility index (Phi) is 5.17. The van der Waals surface area contributed by atoms with Crippen LogP contribution in [0, 0.1) is 0 Å². The fraction of sp³-hybridized carbons (Fsp3) is 0.556. The van der Waals surface area contributed by atoms with Crippen molar-refractivity contribution < 1.29 is 4.79 Å². The summed E-state index contributed by atoms with van der Waals surface area (Å²) in [4.78, 5) is 15.3. The Morgan fingerprint density at radius 1 is 1.64 bits per heavy atom. The smallest absolute Gasteiger partial charge is 0.221 e. The molecule has 0 bridgehead atoms. The monoisotopic (exact) mass is 213 g/mol. The van der Waals surface area contributed by atoms with E-state index in [1.165, 1.54) is 11.3 Å².